The molecule has 2 aromatic rings. The first-order valence-electron chi connectivity index (χ1n) is 5.02. The molecule has 0 fully saturated rings. The normalized spacial score (nSPS) is 10.1. The number of methoxy groups -OCH3 is 1. The molecular formula is C12H9FN2O3. The van der Waals surface area contributed by atoms with Crippen molar-refractivity contribution in [2.24, 2.45) is 0 Å². The highest BCUT2D eigenvalue weighted by Gasteiger charge is 2.19. The van der Waals surface area contributed by atoms with E-state index in [1.165, 1.54) is 31.5 Å². The van der Waals surface area contributed by atoms with Crippen molar-refractivity contribution in [1.82, 2.24) is 10.2 Å². The first-order chi connectivity index (χ1) is 8.63. The Morgan fingerprint density at radius 2 is 2.22 bits per heavy atom. The fourth-order valence-electron chi connectivity index (χ4n) is 1.59. The van der Waals surface area contributed by atoms with Crippen LogP contribution in [0.4, 0.5) is 4.39 Å². The first kappa shape index (κ1) is 12.0. The molecule has 92 valence electrons. The van der Waals surface area contributed by atoms with Crippen LogP contribution in [-0.2, 0) is 0 Å². The third kappa shape index (κ3) is 2.13. The fourth-order valence-corrected chi connectivity index (χ4v) is 1.59. The number of nitrogens with zero attached hydrogens (tertiary/aromatic N) is 2. The number of aromatic nitrogens is 2. The largest absolute Gasteiger partial charge is 0.479 e. The Bertz CT molecular complexity index is 602. The second-order valence-electron chi connectivity index (χ2n) is 3.46. The average molecular weight is 248 g/mol. The van der Waals surface area contributed by atoms with E-state index in [0.717, 1.165) is 0 Å². The molecule has 0 radical (unpaired) electrons. The number of hydrogen-bond donors (Lipinski definition) is 1. The van der Waals surface area contributed by atoms with E-state index in [2.05, 4.69) is 10.2 Å². The number of carboxylic acids is 1. The lowest BCUT2D eigenvalue weighted by Gasteiger charge is -2.08. The molecule has 0 aliphatic heterocycles. The van der Waals surface area contributed by atoms with Crippen LogP contribution in [0, 0.1) is 5.82 Å². The van der Waals surface area contributed by atoms with Gasteiger partial charge in [-0.05, 0) is 17.7 Å². The van der Waals surface area contributed by atoms with Crippen LogP contribution >= 0.6 is 0 Å². The summed E-state index contributed by atoms with van der Waals surface area (Å²) in [5, 5.41) is 16.4. The Kier molecular flexibility index (Phi) is 3.18. The molecule has 0 amide bonds. The Balaban J connectivity index is 2.67. The zero-order valence-corrected chi connectivity index (χ0v) is 9.42. The van der Waals surface area contributed by atoms with Crippen molar-refractivity contribution in [2.45, 2.75) is 0 Å². The molecule has 18 heavy (non-hydrogen) atoms. The number of ether oxygens (including phenoxy) is 1. The molecule has 2 rings (SSSR count). The third-order valence-electron chi connectivity index (χ3n) is 2.36. The molecule has 6 heteroatoms. The van der Waals surface area contributed by atoms with E-state index < -0.39 is 11.8 Å². The molecule has 5 nitrogen and oxygen atoms in total. The quantitative estimate of drug-likeness (QED) is 0.899. The summed E-state index contributed by atoms with van der Waals surface area (Å²) in [6, 6.07) is 5.58. The second-order valence-corrected chi connectivity index (χ2v) is 3.46. The topological polar surface area (TPSA) is 72.3 Å². The van der Waals surface area contributed by atoms with Crippen LogP contribution in [0.1, 0.15) is 10.4 Å². The number of benzene rings is 1. The number of carboxylic acid groups (broad SMARTS) is 1. The summed E-state index contributed by atoms with van der Waals surface area (Å²) in [5.74, 6) is -1.77. The van der Waals surface area contributed by atoms with Gasteiger partial charge in [0, 0.05) is 5.56 Å². The molecule has 0 saturated heterocycles. The smallest absolute Gasteiger partial charge is 0.341 e. The maximum absolute atomic E-state index is 13.2. The Morgan fingerprint density at radius 1 is 1.44 bits per heavy atom. The minimum Gasteiger partial charge on any atom is -0.479 e. The summed E-state index contributed by atoms with van der Waals surface area (Å²) in [5.41, 5.74) is 0.521. The van der Waals surface area contributed by atoms with Crippen molar-refractivity contribution in [3.63, 3.8) is 0 Å². The van der Waals surface area contributed by atoms with Gasteiger partial charge >= 0.3 is 5.97 Å². The standard InChI is InChI=1S/C12H9FN2O3/c1-18-11-10(12(16)17)9(6-14-15-11)7-3-2-4-8(13)5-7/h2-6H,1H3,(H,16,17). The van der Waals surface area contributed by atoms with Crippen molar-refractivity contribution in [2.75, 3.05) is 7.11 Å². The summed E-state index contributed by atoms with van der Waals surface area (Å²) < 4.78 is 18.0. The highest BCUT2D eigenvalue weighted by Crippen LogP contribution is 2.28. The van der Waals surface area contributed by atoms with Gasteiger partial charge in [-0.25, -0.2) is 9.18 Å². The number of rotatable bonds is 3. The zero-order valence-electron chi connectivity index (χ0n) is 9.42. The van der Waals surface area contributed by atoms with Crippen LogP contribution in [0.3, 0.4) is 0 Å². The van der Waals surface area contributed by atoms with E-state index in [1.54, 1.807) is 6.07 Å². The Labute approximate surface area is 102 Å². The predicted octanol–water partition coefficient (Wildman–Crippen LogP) is 1.99. The van der Waals surface area contributed by atoms with E-state index in [4.69, 9.17) is 9.84 Å². The van der Waals surface area contributed by atoms with Gasteiger partial charge in [0.25, 0.3) is 0 Å². The molecule has 0 spiro atoms. The third-order valence-corrected chi connectivity index (χ3v) is 2.36. The molecule has 1 heterocycles. The maximum atomic E-state index is 13.2. The minimum atomic E-state index is -1.21. The molecule has 1 N–H and O–H groups in total. The molecule has 0 atom stereocenters. The van der Waals surface area contributed by atoms with Gasteiger partial charge in [-0.2, -0.15) is 5.10 Å². The summed E-state index contributed by atoms with van der Waals surface area (Å²) in [6.07, 6.45) is 1.26. The predicted molar refractivity (Wildman–Crippen MR) is 60.9 cm³/mol. The number of aromatic carboxylic acids is 1. The molecule has 0 saturated carbocycles. The highest BCUT2D eigenvalue weighted by atomic mass is 19.1. The Hall–Kier alpha value is -2.50. The van der Waals surface area contributed by atoms with Crippen LogP contribution in [0.5, 0.6) is 5.88 Å². The maximum Gasteiger partial charge on any atom is 0.341 e. The Morgan fingerprint density at radius 3 is 2.83 bits per heavy atom. The van der Waals surface area contributed by atoms with Crippen LogP contribution in [0.2, 0.25) is 0 Å². The van der Waals surface area contributed by atoms with Crippen molar-refractivity contribution >= 4 is 5.97 Å². The molecular weight excluding hydrogens is 239 g/mol. The summed E-state index contributed by atoms with van der Waals surface area (Å²) >= 11 is 0. The van der Waals surface area contributed by atoms with Gasteiger partial charge in [-0.1, -0.05) is 12.1 Å². The van der Waals surface area contributed by atoms with Crippen LogP contribution in [0.25, 0.3) is 11.1 Å². The van der Waals surface area contributed by atoms with E-state index in [-0.39, 0.29) is 17.0 Å². The first-order valence-corrected chi connectivity index (χ1v) is 5.02. The fraction of sp³-hybridized carbons (Fsp3) is 0.0833. The van der Waals surface area contributed by atoms with Crippen molar-refractivity contribution in [3.8, 4) is 17.0 Å². The van der Waals surface area contributed by atoms with E-state index in [0.29, 0.717) is 5.56 Å². The molecule has 1 aromatic carbocycles. The monoisotopic (exact) mass is 248 g/mol. The lowest BCUT2D eigenvalue weighted by atomic mass is 10.0. The van der Waals surface area contributed by atoms with Crippen molar-refractivity contribution < 1.29 is 19.0 Å². The van der Waals surface area contributed by atoms with Gasteiger partial charge in [0.2, 0.25) is 5.88 Å². The van der Waals surface area contributed by atoms with Gasteiger partial charge in [-0.15, -0.1) is 5.10 Å². The average Bonchev–Trinajstić information content (AvgIpc) is 2.37. The highest BCUT2D eigenvalue weighted by molar-refractivity contribution is 5.98. The molecule has 0 unspecified atom stereocenters. The number of carbonyl (C=O) groups is 1. The molecule has 0 bridgehead atoms. The molecule has 1 aromatic heterocycles. The lowest BCUT2D eigenvalue weighted by Crippen LogP contribution is -2.06. The van der Waals surface area contributed by atoms with Gasteiger partial charge in [0.1, 0.15) is 11.4 Å². The zero-order chi connectivity index (χ0) is 13.1. The van der Waals surface area contributed by atoms with E-state index in [1.807, 2.05) is 0 Å². The van der Waals surface area contributed by atoms with Gasteiger partial charge in [0.15, 0.2) is 0 Å². The van der Waals surface area contributed by atoms with Crippen molar-refractivity contribution in [3.05, 3.63) is 41.8 Å². The van der Waals surface area contributed by atoms with Gasteiger partial charge in [0.05, 0.1) is 13.3 Å². The molecule has 0 aliphatic rings. The number of halogens is 1. The molecule has 0 aliphatic carbocycles. The van der Waals surface area contributed by atoms with E-state index in [9.17, 15) is 9.18 Å². The van der Waals surface area contributed by atoms with Crippen LogP contribution < -0.4 is 4.74 Å². The van der Waals surface area contributed by atoms with E-state index >= 15 is 0 Å². The lowest BCUT2D eigenvalue weighted by molar-refractivity contribution is 0.0693. The summed E-state index contributed by atoms with van der Waals surface area (Å²) in [4.78, 5) is 11.2. The minimum absolute atomic E-state index is 0.107. The summed E-state index contributed by atoms with van der Waals surface area (Å²) in [6.45, 7) is 0. The van der Waals surface area contributed by atoms with Crippen LogP contribution in [0.15, 0.2) is 30.5 Å². The second kappa shape index (κ2) is 4.79. The van der Waals surface area contributed by atoms with Gasteiger partial charge < -0.3 is 9.84 Å². The van der Waals surface area contributed by atoms with Gasteiger partial charge in [-0.3, -0.25) is 0 Å². The van der Waals surface area contributed by atoms with Crippen molar-refractivity contribution in [1.29, 1.82) is 0 Å². The SMILES string of the molecule is COc1nncc(-c2cccc(F)c2)c1C(=O)O. The van der Waals surface area contributed by atoms with Crippen LogP contribution in [-0.4, -0.2) is 28.4 Å². The number of hydrogen-bond acceptors (Lipinski definition) is 4. The summed E-state index contributed by atoms with van der Waals surface area (Å²) in [7, 11) is 1.30.